The van der Waals surface area contributed by atoms with Crippen LogP contribution >= 0.6 is 11.3 Å². The molecule has 0 aliphatic heterocycles. The minimum Gasteiger partial charge on any atom is -0.326 e. The van der Waals surface area contributed by atoms with Crippen LogP contribution in [0.5, 0.6) is 0 Å². The van der Waals surface area contributed by atoms with Crippen LogP contribution in [-0.2, 0) is 22.4 Å². The van der Waals surface area contributed by atoms with Crippen LogP contribution in [0.1, 0.15) is 38.3 Å². The molecule has 3 aromatic rings. The number of amides is 2. The summed E-state index contributed by atoms with van der Waals surface area (Å²) in [7, 11) is 0. The molecule has 30 heavy (non-hydrogen) atoms. The zero-order valence-corrected chi connectivity index (χ0v) is 18.6. The molecule has 0 saturated carbocycles. The maximum atomic E-state index is 12.3. The van der Waals surface area contributed by atoms with Gasteiger partial charge in [-0.1, -0.05) is 52.0 Å². The molecule has 0 spiro atoms. The highest BCUT2D eigenvalue weighted by Gasteiger charge is 2.21. The van der Waals surface area contributed by atoms with Gasteiger partial charge >= 0.3 is 0 Å². The minimum atomic E-state index is -0.443. The second-order valence-corrected chi connectivity index (χ2v) is 9.13. The molecule has 156 valence electrons. The summed E-state index contributed by atoms with van der Waals surface area (Å²) in [4.78, 5) is 29.0. The third-order valence-corrected chi connectivity index (χ3v) is 5.48. The van der Waals surface area contributed by atoms with Crippen molar-refractivity contribution in [3.63, 3.8) is 0 Å². The van der Waals surface area contributed by atoms with Crippen LogP contribution in [-0.4, -0.2) is 16.8 Å². The van der Waals surface area contributed by atoms with E-state index in [1.54, 1.807) is 0 Å². The van der Waals surface area contributed by atoms with E-state index in [1.807, 2.05) is 74.7 Å². The summed E-state index contributed by atoms with van der Waals surface area (Å²) >= 11 is 1.47. The fourth-order valence-electron chi connectivity index (χ4n) is 2.73. The zero-order chi connectivity index (χ0) is 21.7. The Hall–Kier alpha value is -2.99. The molecule has 1 heterocycles. The number of rotatable bonds is 6. The van der Waals surface area contributed by atoms with Crippen LogP contribution < -0.4 is 10.6 Å². The largest absolute Gasteiger partial charge is 0.326 e. The lowest BCUT2D eigenvalue weighted by molar-refractivity contribution is -0.123. The standard InChI is InChI=1S/C24H27N3O2S/c1-5-16-6-10-18(11-7-16)25-21(28)14-22-27-20(15-30-22)17-8-12-19(13-9-17)26-23(29)24(2,3)4/h6-13,15H,5,14H2,1-4H3,(H,25,28)(H,26,29). The molecule has 2 amide bonds. The number of thiazole rings is 1. The number of hydrogen-bond acceptors (Lipinski definition) is 4. The second-order valence-electron chi connectivity index (χ2n) is 8.18. The van der Waals surface area contributed by atoms with E-state index >= 15 is 0 Å². The molecule has 0 fully saturated rings. The topological polar surface area (TPSA) is 71.1 Å². The number of benzene rings is 2. The Labute approximate surface area is 181 Å². The molecule has 0 aliphatic rings. The Morgan fingerprint density at radius 3 is 2.13 bits per heavy atom. The van der Waals surface area contributed by atoms with Crippen molar-refractivity contribution < 1.29 is 9.59 Å². The Balaban J connectivity index is 1.60. The summed E-state index contributed by atoms with van der Waals surface area (Å²) in [5.74, 6) is -0.109. The lowest BCUT2D eigenvalue weighted by Gasteiger charge is -2.17. The molecule has 1 aromatic heterocycles. The Kier molecular flexibility index (Phi) is 6.67. The first-order chi connectivity index (χ1) is 14.2. The SMILES string of the molecule is CCc1ccc(NC(=O)Cc2nc(-c3ccc(NC(=O)C(C)(C)C)cc3)cs2)cc1. The van der Waals surface area contributed by atoms with Gasteiger partial charge in [0.1, 0.15) is 5.01 Å². The Morgan fingerprint density at radius 1 is 0.933 bits per heavy atom. The number of carbonyl (C=O) groups excluding carboxylic acids is 2. The van der Waals surface area contributed by atoms with Gasteiger partial charge in [0.15, 0.2) is 0 Å². The van der Waals surface area contributed by atoms with Crippen molar-refractivity contribution in [2.45, 2.75) is 40.5 Å². The maximum Gasteiger partial charge on any atom is 0.231 e. The van der Waals surface area contributed by atoms with Crippen LogP contribution in [0, 0.1) is 5.41 Å². The third-order valence-electron chi connectivity index (χ3n) is 4.63. The van der Waals surface area contributed by atoms with Crippen molar-refractivity contribution in [2.24, 2.45) is 5.41 Å². The third kappa shape index (κ3) is 5.76. The van der Waals surface area contributed by atoms with Gasteiger partial charge < -0.3 is 10.6 Å². The summed E-state index contributed by atoms with van der Waals surface area (Å²) < 4.78 is 0. The maximum absolute atomic E-state index is 12.3. The smallest absolute Gasteiger partial charge is 0.231 e. The molecule has 0 unspecified atom stereocenters. The lowest BCUT2D eigenvalue weighted by Crippen LogP contribution is -2.27. The molecule has 2 N–H and O–H groups in total. The van der Waals surface area contributed by atoms with Crippen LogP contribution in [0.25, 0.3) is 11.3 Å². The summed E-state index contributed by atoms with van der Waals surface area (Å²) in [5.41, 5.74) is 4.11. The first-order valence-electron chi connectivity index (χ1n) is 9.99. The highest BCUT2D eigenvalue weighted by molar-refractivity contribution is 7.10. The number of aryl methyl sites for hydroxylation is 1. The number of aromatic nitrogens is 1. The first kappa shape index (κ1) is 21.7. The Morgan fingerprint density at radius 2 is 1.53 bits per heavy atom. The first-order valence-corrected chi connectivity index (χ1v) is 10.9. The quantitative estimate of drug-likeness (QED) is 0.549. The van der Waals surface area contributed by atoms with Crippen molar-refractivity contribution in [1.82, 2.24) is 4.98 Å². The monoisotopic (exact) mass is 421 g/mol. The summed E-state index contributed by atoms with van der Waals surface area (Å²) in [6.45, 7) is 7.74. The second kappa shape index (κ2) is 9.22. The summed E-state index contributed by atoms with van der Waals surface area (Å²) in [5, 5.41) is 8.54. The van der Waals surface area contributed by atoms with Gasteiger partial charge in [-0.15, -0.1) is 11.3 Å². The van der Waals surface area contributed by atoms with Gasteiger partial charge in [0.2, 0.25) is 11.8 Å². The van der Waals surface area contributed by atoms with Gasteiger partial charge in [-0.2, -0.15) is 0 Å². The van der Waals surface area contributed by atoms with Crippen LogP contribution in [0.15, 0.2) is 53.9 Å². The summed E-state index contributed by atoms with van der Waals surface area (Å²) in [6, 6.07) is 15.5. The van der Waals surface area contributed by atoms with E-state index in [0.29, 0.717) is 0 Å². The van der Waals surface area contributed by atoms with Crippen molar-refractivity contribution in [3.05, 3.63) is 64.5 Å². The van der Waals surface area contributed by atoms with Gasteiger partial charge in [-0.05, 0) is 36.2 Å². The van der Waals surface area contributed by atoms with Crippen LogP contribution in [0.3, 0.4) is 0 Å². The van der Waals surface area contributed by atoms with E-state index in [4.69, 9.17) is 0 Å². The van der Waals surface area contributed by atoms with Crippen LogP contribution in [0.2, 0.25) is 0 Å². The molecule has 0 atom stereocenters. The van der Waals surface area contributed by atoms with Crippen LogP contribution in [0.4, 0.5) is 11.4 Å². The predicted octanol–water partition coefficient (Wildman–Crippen LogP) is 5.54. The molecule has 6 heteroatoms. The van der Waals surface area contributed by atoms with Crippen molar-refractivity contribution in [2.75, 3.05) is 10.6 Å². The molecule has 2 aromatic carbocycles. The molecule has 0 bridgehead atoms. The molecule has 0 aliphatic carbocycles. The lowest BCUT2D eigenvalue weighted by atomic mass is 9.95. The van der Waals surface area contributed by atoms with E-state index in [1.165, 1.54) is 16.9 Å². The number of anilines is 2. The van der Waals surface area contributed by atoms with E-state index in [0.717, 1.165) is 34.1 Å². The molecule has 0 saturated heterocycles. The summed E-state index contributed by atoms with van der Waals surface area (Å²) in [6.07, 6.45) is 1.21. The fraction of sp³-hybridized carbons (Fsp3) is 0.292. The van der Waals surface area contributed by atoms with E-state index < -0.39 is 5.41 Å². The number of nitrogens with zero attached hydrogens (tertiary/aromatic N) is 1. The minimum absolute atomic E-state index is 0.0264. The zero-order valence-electron chi connectivity index (χ0n) is 17.8. The Bertz CT molecular complexity index is 1020. The van der Waals surface area contributed by atoms with Crippen molar-refractivity contribution in [1.29, 1.82) is 0 Å². The number of hydrogen-bond donors (Lipinski definition) is 2. The molecule has 3 rings (SSSR count). The van der Waals surface area contributed by atoms with Gasteiger partial charge in [-0.25, -0.2) is 4.98 Å². The highest BCUT2D eigenvalue weighted by Crippen LogP contribution is 2.25. The highest BCUT2D eigenvalue weighted by atomic mass is 32.1. The number of carbonyl (C=O) groups is 2. The van der Waals surface area contributed by atoms with Crippen molar-refractivity contribution >= 4 is 34.5 Å². The molecule has 5 nitrogen and oxygen atoms in total. The van der Waals surface area contributed by atoms with E-state index in [-0.39, 0.29) is 18.2 Å². The van der Waals surface area contributed by atoms with E-state index in [9.17, 15) is 9.59 Å². The molecular weight excluding hydrogens is 394 g/mol. The van der Waals surface area contributed by atoms with Crippen molar-refractivity contribution in [3.8, 4) is 11.3 Å². The molecule has 0 radical (unpaired) electrons. The number of nitrogens with one attached hydrogen (secondary N) is 2. The van der Waals surface area contributed by atoms with Gasteiger partial charge in [-0.3, -0.25) is 9.59 Å². The van der Waals surface area contributed by atoms with Gasteiger partial charge in [0.25, 0.3) is 0 Å². The normalized spacial score (nSPS) is 11.2. The fourth-order valence-corrected chi connectivity index (χ4v) is 3.54. The van der Waals surface area contributed by atoms with Gasteiger partial charge in [0, 0.05) is 27.7 Å². The average molecular weight is 422 g/mol. The van der Waals surface area contributed by atoms with E-state index in [2.05, 4.69) is 22.5 Å². The van der Waals surface area contributed by atoms with Gasteiger partial charge in [0.05, 0.1) is 12.1 Å². The molecular formula is C24H27N3O2S. The predicted molar refractivity (Wildman–Crippen MR) is 124 cm³/mol. The average Bonchev–Trinajstić information content (AvgIpc) is 3.16.